The van der Waals surface area contributed by atoms with Crippen molar-refractivity contribution in [3.63, 3.8) is 0 Å². The van der Waals surface area contributed by atoms with E-state index in [1.807, 2.05) is 0 Å². The van der Waals surface area contributed by atoms with Crippen molar-refractivity contribution in [1.29, 1.82) is 0 Å². The molecular weight excluding hydrogens is 250 g/mol. The zero-order valence-electron chi connectivity index (χ0n) is 9.40. The summed E-state index contributed by atoms with van der Waals surface area (Å²) in [4.78, 5) is 0.0897. The Morgan fingerprint density at radius 3 is 2.50 bits per heavy atom. The molecule has 90 valence electrons. The molecule has 0 aliphatic heterocycles. The molecular formula is C10H14ClNO3S. The summed E-state index contributed by atoms with van der Waals surface area (Å²) in [6.45, 7) is 2.19. The minimum atomic E-state index is -3.53. The number of hydrogen-bond acceptors (Lipinski definition) is 3. The van der Waals surface area contributed by atoms with Gasteiger partial charge in [-0.15, -0.1) is 0 Å². The molecule has 0 unspecified atom stereocenters. The van der Waals surface area contributed by atoms with Crippen molar-refractivity contribution in [2.75, 3.05) is 20.7 Å². The molecule has 0 aliphatic rings. The van der Waals surface area contributed by atoms with Gasteiger partial charge in [0.25, 0.3) is 0 Å². The number of sulfonamides is 1. The number of benzene rings is 1. The fourth-order valence-corrected chi connectivity index (χ4v) is 2.44. The summed E-state index contributed by atoms with van der Waals surface area (Å²) in [6, 6.07) is 4.55. The molecule has 1 aromatic rings. The van der Waals surface area contributed by atoms with Crippen molar-refractivity contribution >= 4 is 21.6 Å². The van der Waals surface area contributed by atoms with Gasteiger partial charge in [-0.2, -0.15) is 0 Å². The van der Waals surface area contributed by atoms with E-state index in [2.05, 4.69) is 0 Å². The quantitative estimate of drug-likeness (QED) is 0.835. The Balaban J connectivity index is 3.36. The van der Waals surface area contributed by atoms with E-state index in [4.69, 9.17) is 16.3 Å². The fourth-order valence-electron chi connectivity index (χ4n) is 1.15. The van der Waals surface area contributed by atoms with Gasteiger partial charge in [-0.05, 0) is 25.1 Å². The summed E-state index contributed by atoms with van der Waals surface area (Å²) in [7, 11) is -0.600. The molecule has 6 heteroatoms. The molecule has 0 heterocycles. The molecule has 0 aliphatic carbocycles. The first kappa shape index (κ1) is 13.3. The van der Waals surface area contributed by atoms with E-state index < -0.39 is 10.0 Å². The second-order valence-electron chi connectivity index (χ2n) is 3.31. The first-order valence-corrected chi connectivity index (χ1v) is 6.56. The van der Waals surface area contributed by atoms with E-state index in [1.165, 1.54) is 20.2 Å². The lowest BCUT2D eigenvalue weighted by atomic mass is 10.3. The number of nitrogens with zero attached hydrogens (tertiary/aromatic N) is 1. The van der Waals surface area contributed by atoms with Gasteiger partial charge in [0, 0.05) is 19.1 Å². The average Bonchev–Trinajstić information content (AvgIpc) is 2.20. The van der Waals surface area contributed by atoms with E-state index in [-0.39, 0.29) is 4.90 Å². The summed E-state index contributed by atoms with van der Waals surface area (Å²) in [5.74, 6) is 0.320. The molecule has 0 bridgehead atoms. The van der Waals surface area contributed by atoms with Gasteiger partial charge >= 0.3 is 0 Å². The summed E-state index contributed by atoms with van der Waals surface area (Å²) in [6.07, 6.45) is 0. The molecule has 0 amide bonds. The van der Waals surface area contributed by atoms with E-state index >= 15 is 0 Å². The van der Waals surface area contributed by atoms with Crippen molar-refractivity contribution < 1.29 is 13.2 Å². The predicted molar refractivity (Wildman–Crippen MR) is 63.5 cm³/mol. The monoisotopic (exact) mass is 263 g/mol. The van der Waals surface area contributed by atoms with E-state index in [0.29, 0.717) is 17.4 Å². The van der Waals surface area contributed by atoms with Crippen LogP contribution in [0.2, 0.25) is 5.02 Å². The van der Waals surface area contributed by atoms with Crippen LogP contribution in [0.3, 0.4) is 0 Å². The van der Waals surface area contributed by atoms with E-state index in [9.17, 15) is 8.42 Å². The molecule has 16 heavy (non-hydrogen) atoms. The lowest BCUT2D eigenvalue weighted by Crippen LogP contribution is -2.22. The van der Waals surface area contributed by atoms with Gasteiger partial charge in [0.2, 0.25) is 10.0 Å². The molecule has 0 spiro atoms. The highest BCUT2D eigenvalue weighted by molar-refractivity contribution is 7.89. The summed E-state index contributed by atoms with van der Waals surface area (Å²) < 4.78 is 30.3. The van der Waals surface area contributed by atoms with Gasteiger partial charge in [-0.25, -0.2) is 12.7 Å². The predicted octanol–water partition coefficient (Wildman–Crippen LogP) is 1.99. The van der Waals surface area contributed by atoms with Crippen LogP contribution < -0.4 is 4.74 Å². The maximum absolute atomic E-state index is 12.0. The average molecular weight is 264 g/mol. The highest BCUT2D eigenvalue weighted by Crippen LogP contribution is 2.28. The Morgan fingerprint density at radius 1 is 1.38 bits per heavy atom. The van der Waals surface area contributed by atoms with Crippen LogP contribution in [-0.4, -0.2) is 33.4 Å². The third kappa shape index (κ3) is 2.66. The summed E-state index contributed by atoms with van der Waals surface area (Å²) in [5.41, 5.74) is 0. The third-order valence-corrected chi connectivity index (χ3v) is 4.04. The lowest BCUT2D eigenvalue weighted by Gasteiger charge is -2.15. The SMILES string of the molecule is CCOc1ccc(Cl)cc1S(=O)(=O)N(C)C. The smallest absolute Gasteiger partial charge is 0.246 e. The van der Waals surface area contributed by atoms with Crippen molar-refractivity contribution in [2.24, 2.45) is 0 Å². The third-order valence-electron chi connectivity index (χ3n) is 1.96. The molecule has 0 atom stereocenters. The maximum atomic E-state index is 12.0. The zero-order valence-corrected chi connectivity index (χ0v) is 11.0. The Morgan fingerprint density at radius 2 is 2.00 bits per heavy atom. The van der Waals surface area contributed by atoms with Crippen LogP contribution in [0.5, 0.6) is 5.75 Å². The van der Waals surface area contributed by atoms with Crippen LogP contribution in [-0.2, 0) is 10.0 Å². The minimum Gasteiger partial charge on any atom is -0.492 e. The molecule has 1 aromatic carbocycles. The Bertz CT molecular complexity index is 471. The van der Waals surface area contributed by atoms with E-state index in [1.54, 1.807) is 19.1 Å². The van der Waals surface area contributed by atoms with Crippen molar-refractivity contribution in [1.82, 2.24) is 4.31 Å². The van der Waals surface area contributed by atoms with Gasteiger partial charge in [0.1, 0.15) is 10.6 Å². The van der Waals surface area contributed by atoms with Gasteiger partial charge < -0.3 is 4.74 Å². The Kier molecular flexibility index (Phi) is 4.18. The van der Waals surface area contributed by atoms with Gasteiger partial charge in [-0.1, -0.05) is 11.6 Å². The van der Waals surface area contributed by atoms with Crippen molar-refractivity contribution in [3.8, 4) is 5.75 Å². The summed E-state index contributed by atoms with van der Waals surface area (Å²) in [5, 5.41) is 0.365. The highest BCUT2D eigenvalue weighted by atomic mass is 35.5. The topological polar surface area (TPSA) is 46.6 Å². The van der Waals surface area contributed by atoms with Crippen LogP contribution in [0.15, 0.2) is 23.1 Å². The molecule has 0 fully saturated rings. The van der Waals surface area contributed by atoms with Gasteiger partial charge in [-0.3, -0.25) is 0 Å². The largest absolute Gasteiger partial charge is 0.492 e. The molecule has 0 N–H and O–H groups in total. The van der Waals surface area contributed by atoms with Crippen LogP contribution in [0.1, 0.15) is 6.92 Å². The first-order chi connectivity index (χ1) is 7.39. The highest BCUT2D eigenvalue weighted by Gasteiger charge is 2.22. The molecule has 0 saturated heterocycles. The second kappa shape index (κ2) is 5.03. The minimum absolute atomic E-state index is 0.0897. The van der Waals surface area contributed by atoms with Crippen LogP contribution in [0, 0.1) is 0 Å². The van der Waals surface area contributed by atoms with Crippen molar-refractivity contribution in [3.05, 3.63) is 23.2 Å². The normalized spacial score (nSPS) is 11.8. The van der Waals surface area contributed by atoms with Gasteiger partial charge in [0.05, 0.1) is 6.61 Å². The standard InChI is InChI=1S/C10H14ClNO3S/c1-4-15-9-6-5-8(11)7-10(9)16(13,14)12(2)3/h5-7H,4H2,1-3H3. The molecule has 0 aromatic heterocycles. The van der Waals surface area contributed by atoms with Crippen LogP contribution in [0.4, 0.5) is 0 Å². The number of ether oxygens (including phenoxy) is 1. The molecule has 0 saturated carbocycles. The molecule has 1 rings (SSSR count). The first-order valence-electron chi connectivity index (χ1n) is 4.74. The Hall–Kier alpha value is -0.780. The zero-order chi connectivity index (χ0) is 12.3. The number of hydrogen-bond donors (Lipinski definition) is 0. The second-order valence-corrected chi connectivity index (χ2v) is 5.87. The molecule has 4 nitrogen and oxygen atoms in total. The van der Waals surface area contributed by atoms with Crippen LogP contribution in [0.25, 0.3) is 0 Å². The number of halogens is 1. The Labute approximate surface area is 101 Å². The van der Waals surface area contributed by atoms with Crippen molar-refractivity contribution in [2.45, 2.75) is 11.8 Å². The van der Waals surface area contributed by atoms with Gasteiger partial charge in [0.15, 0.2) is 0 Å². The molecule has 0 radical (unpaired) electrons. The lowest BCUT2D eigenvalue weighted by molar-refractivity contribution is 0.330. The van der Waals surface area contributed by atoms with Crippen LogP contribution >= 0.6 is 11.6 Å². The summed E-state index contributed by atoms with van der Waals surface area (Å²) >= 11 is 5.79. The maximum Gasteiger partial charge on any atom is 0.246 e. The van der Waals surface area contributed by atoms with E-state index in [0.717, 1.165) is 4.31 Å². The number of rotatable bonds is 4. The fraction of sp³-hybridized carbons (Fsp3) is 0.400.